The van der Waals surface area contributed by atoms with Crippen molar-refractivity contribution >= 4 is 35.2 Å². The standard InChI is InChI=1S/C22H32N4O7S/c1-20(2,3)33-19(31)26-22-7-5-21(12-22,6-8-22)18-25-14(11-34-18)17(30)24-13(10-27)16(29)23-9-15(28)32-4/h11,13,27H,5-10,12H2,1-4H3,(H,23,29)(H,24,30)(H,26,31). The summed E-state index contributed by atoms with van der Waals surface area (Å²) in [5, 5.41) is 19.7. The molecular weight excluding hydrogens is 464 g/mol. The number of hydrogen-bond acceptors (Lipinski definition) is 9. The van der Waals surface area contributed by atoms with Crippen LogP contribution in [-0.4, -0.2) is 71.4 Å². The maximum absolute atomic E-state index is 12.7. The average molecular weight is 497 g/mol. The number of nitrogens with zero attached hydrogens (tertiary/aromatic N) is 1. The first kappa shape index (κ1) is 25.9. The molecule has 0 aliphatic heterocycles. The smallest absolute Gasteiger partial charge is 0.408 e. The lowest BCUT2D eigenvalue weighted by Crippen LogP contribution is -2.50. The van der Waals surface area contributed by atoms with Gasteiger partial charge in [0.05, 0.1) is 18.7 Å². The molecule has 3 amide bonds. The SMILES string of the molecule is COC(=O)CNC(=O)C(CO)NC(=O)c1csc(C23CCC(NC(=O)OC(C)(C)C)(CC2)C3)n1. The van der Waals surface area contributed by atoms with Crippen LogP contribution in [0.15, 0.2) is 5.38 Å². The molecule has 3 rings (SSSR count). The van der Waals surface area contributed by atoms with Crippen molar-refractivity contribution in [1.29, 1.82) is 0 Å². The molecule has 11 nitrogen and oxygen atoms in total. The van der Waals surface area contributed by atoms with Gasteiger partial charge in [0, 0.05) is 16.3 Å². The Hall–Kier alpha value is -2.73. The molecule has 4 N–H and O–H groups in total. The number of aromatic nitrogens is 1. The zero-order valence-corrected chi connectivity index (χ0v) is 20.7. The predicted molar refractivity (Wildman–Crippen MR) is 122 cm³/mol. The zero-order chi connectivity index (χ0) is 25.1. The summed E-state index contributed by atoms with van der Waals surface area (Å²) in [6.07, 6.45) is 3.59. The summed E-state index contributed by atoms with van der Waals surface area (Å²) in [5.41, 5.74) is -0.976. The minimum atomic E-state index is -1.23. The lowest BCUT2D eigenvalue weighted by atomic mass is 9.84. The van der Waals surface area contributed by atoms with Gasteiger partial charge in [-0.3, -0.25) is 14.4 Å². The Morgan fingerprint density at radius 1 is 1.21 bits per heavy atom. The highest BCUT2D eigenvalue weighted by Gasteiger charge is 2.57. The number of nitrogens with one attached hydrogen (secondary N) is 3. The van der Waals surface area contributed by atoms with Crippen LogP contribution < -0.4 is 16.0 Å². The molecule has 12 heteroatoms. The van der Waals surface area contributed by atoms with Crippen molar-refractivity contribution < 1.29 is 33.8 Å². The van der Waals surface area contributed by atoms with Gasteiger partial charge in [0.25, 0.3) is 5.91 Å². The number of aliphatic hydroxyl groups is 1. The molecule has 1 aromatic rings. The molecular formula is C22H32N4O7S. The summed E-state index contributed by atoms with van der Waals surface area (Å²) in [4.78, 5) is 52.9. The van der Waals surface area contributed by atoms with Gasteiger partial charge in [-0.05, 0) is 52.9 Å². The van der Waals surface area contributed by atoms with E-state index in [0.29, 0.717) is 0 Å². The molecule has 1 unspecified atom stereocenters. The molecule has 0 saturated heterocycles. The van der Waals surface area contributed by atoms with Crippen LogP contribution in [0.1, 0.15) is 68.4 Å². The van der Waals surface area contributed by atoms with Gasteiger partial charge in [-0.2, -0.15) is 0 Å². The fourth-order valence-electron chi connectivity index (χ4n) is 4.59. The Kier molecular flexibility index (Phi) is 7.51. The van der Waals surface area contributed by atoms with E-state index in [0.717, 1.165) is 37.1 Å². The van der Waals surface area contributed by atoms with Crippen LogP contribution in [0.25, 0.3) is 0 Å². The quantitative estimate of drug-likeness (QED) is 0.389. The van der Waals surface area contributed by atoms with Crippen LogP contribution in [0.4, 0.5) is 4.79 Å². The van der Waals surface area contributed by atoms with Gasteiger partial charge in [0.15, 0.2) is 0 Å². The largest absolute Gasteiger partial charge is 0.468 e. The topological polar surface area (TPSA) is 156 Å². The third-order valence-electron chi connectivity index (χ3n) is 6.24. The molecule has 1 aromatic heterocycles. The number of amides is 3. The summed E-state index contributed by atoms with van der Waals surface area (Å²) >= 11 is 1.37. The third-order valence-corrected chi connectivity index (χ3v) is 7.33. The second-order valence-corrected chi connectivity index (χ2v) is 10.8. The number of rotatable bonds is 8. The van der Waals surface area contributed by atoms with E-state index in [1.165, 1.54) is 18.4 Å². The molecule has 34 heavy (non-hydrogen) atoms. The number of aliphatic hydroxyl groups excluding tert-OH is 1. The van der Waals surface area contributed by atoms with E-state index in [4.69, 9.17) is 4.74 Å². The van der Waals surface area contributed by atoms with E-state index in [1.807, 2.05) is 20.8 Å². The molecule has 2 aliphatic rings. The van der Waals surface area contributed by atoms with E-state index in [2.05, 4.69) is 25.7 Å². The van der Waals surface area contributed by atoms with Crippen LogP contribution in [-0.2, 0) is 24.5 Å². The number of carbonyl (C=O) groups is 4. The first-order valence-corrected chi connectivity index (χ1v) is 12.0. The molecule has 0 aromatic carbocycles. The molecule has 188 valence electrons. The Morgan fingerprint density at radius 2 is 1.88 bits per heavy atom. The number of alkyl carbamates (subject to hydrolysis) is 1. The van der Waals surface area contributed by atoms with Gasteiger partial charge in [-0.25, -0.2) is 9.78 Å². The van der Waals surface area contributed by atoms with Crippen molar-refractivity contribution in [3.63, 3.8) is 0 Å². The monoisotopic (exact) mass is 496 g/mol. The maximum atomic E-state index is 12.7. The first-order valence-electron chi connectivity index (χ1n) is 11.1. The highest BCUT2D eigenvalue weighted by Crippen LogP contribution is 2.58. The van der Waals surface area contributed by atoms with Gasteiger partial charge < -0.3 is 30.5 Å². The number of carbonyl (C=O) groups excluding carboxylic acids is 4. The fraction of sp³-hybridized carbons (Fsp3) is 0.682. The average Bonchev–Trinajstić information content (AvgIpc) is 3.48. The second-order valence-electron chi connectivity index (χ2n) is 9.90. The Labute approximate surface area is 202 Å². The summed E-state index contributed by atoms with van der Waals surface area (Å²) < 4.78 is 9.87. The van der Waals surface area contributed by atoms with E-state index in [1.54, 1.807) is 5.38 Å². The van der Waals surface area contributed by atoms with Crippen LogP contribution >= 0.6 is 11.3 Å². The van der Waals surface area contributed by atoms with Gasteiger partial charge in [0.1, 0.15) is 23.9 Å². The zero-order valence-electron chi connectivity index (χ0n) is 19.9. The fourth-order valence-corrected chi connectivity index (χ4v) is 5.65. The van der Waals surface area contributed by atoms with E-state index in [-0.39, 0.29) is 23.2 Å². The van der Waals surface area contributed by atoms with Gasteiger partial charge in [-0.1, -0.05) is 0 Å². The number of fused-ring (bicyclic) bond motifs is 2. The van der Waals surface area contributed by atoms with Crippen molar-refractivity contribution in [3.05, 3.63) is 16.1 Å². The number of ether oxygens (including phenoxy) is 2. The minimum absolute atomic E-state index is 0.151. The molecule has 1 heterocycles. The Bertz CT molecular complexity index is 947. The number of esters is 1. The van der Waals surface area contributed by atoms with E-state index >= 15 is 0 Å². The van der Waals surface area contributed by atoms with Crippen molar-refractivity contribution in [2.45, 2.75) is 75.5 Å². The van der Waals surface area contributed by atoms with Crippen LogP contribution in [0.5, 0.6) is 0 Å². The predicted octanol–water partition coefficient (Wildman–Crippen LogP) is 1.00. The van der Waals surface area contributed by atoms with Crippen LogP contribution in [0.2, 0.25) is 0 Å². The molecule has 2 bridgehead atoms. The molecule has 1 atom stereocenters. The van der Waals surface area contributed by atoms with Crippen molar-refractivity contribution in [2.24, 2.45) is 0 Å². The molecule has 0 spiro atoms. The van der Waals surface area contributed by atoms with Crippen molar-refractivity contribution in [2.75, 3.05) is 20.3 Å². The van der Waals surface area contributed by atoms with E-state index in [9.17, 15) is 24.3 Å². The number of hydrogen-bond donors (Lipinski definition) is 4. The summed E-state index contributed by atoms with van der Waals surface area (Å²) in [6, 6.07) is -1.23. The van der Waals surface area contributed by atoms with Crippen LogP contribution in [0, 0.1) is 0 Å². The van der Waals surface area contributed by atoms with Crippen molar-refractivity contribution in [3.8, 4) is 0 Å². The normalized spacial score (nSPS) is 24.3. The summed E-state index contributed by atoms with van der Waals surface area (Å²) in [6.45, 7) is 4.46. The lowest BCUT2D eigenvalue weighted by Gasteiger charge is -2.29. The van der Waals surface area contributed by atoms with Crippen LogP contribution in [0.3, 0.4) is 0 Å². The molecule has 0 radical (unpaired) electrons. The van der Waals surface area contributed by atoms with E-state index < -0.39 is 42.1 Å². The van der Waals surface area contributed by atoms with Gasteiger partial charge >= 0.3 is 12.1 Å². The minimum Gasteiger partial charge on any atom is -0.468 e. The number of methoxy groups -OCH3 is 1. The molecule has 2 aliphatic carbocycles. The van der Waals surface area contributed by atoms with Gasteiger partial charge in [-0.15, -0.1) is 11.3 Å². The first-order chi connectivity index (χ1) is 15.9. The third kappa shape index (κ3) is 5.84. The molecule has 2 saturated carbocycles. The van der Waals surface area contributed by atoms with Crippen molar-refractivity contribution in [1.82, 2.24) is 20.9 Å². The summed E-state index contributed by atoms with van der Waals surface area (Å²) in [7, 11) is 1.19. The highest BCUT2D eigenvalue weighted by molar-refractivity contribution is 7.10. The molecule has 2 fully saturated rings. The Morgan fingerprint density at radius 3 is 2.47 bits per heavy atom. The Balaban J connectivity index is 1.62. The van der Waals surface area contributed by atoms with Gasteiger partial charge in [0.2, 0.25) is 5.91 Å². The number of thiazole rings is 1. The summed E-state index contributed by atoms with van der Waals surface area (Å²) in [5.74, 6) is -1.95. The second kappa shape index (κ2) is 9.87. The lowest BCUT2D eigenvalue weighted by molar-refractivity contribution is -0.141. The maximum Gasteiger partial charge on any atom is 0.408 e. The highest BCUT2D eigenvalue weighted by atomic mass is 32.1.